The van der Waals surface area contributed by atoms with Crippen molar-refractivity contribution in [1.29, 1.82) is 0 Å². The van der Waals surface area contributed by atoms with Gasteiger partial charge in [0, 0.05) is 30.7 Å². The van der Waals surface area contributed by atoms with E-state index in [9.17, 15) is 4.79 Å². The maximum atomic E-state index is 10.7. The van der Waals surface area contributed by atoms with Crippen molar-refractivity contribution in [2.45, 2.75) is 25.3 Å². The summed E-state index contributed by atoms with van der Waals surface area (Å²) >= 11 is 0. The van der Waals surface area contributed by atoms with Gasteiger partial charge in [0.2, 0.25) is 0 Å². The van der Waals surface area contributed by atoms with Crippen LogP contribution in [0.3, 0.4) is 0 Å². The largest absolute Gasteiger partial charge is 0.492 e. The zero-order valence-corrected chi connectivity index (χ0v) is 15.1. The fourth-order valence-electron chi connectivity index (χ4n) is 2.61. The van der Waals surface area contributed by atoms with Gasteiger partial charge in [0.05, 0.1) is 13.0 Å². The molecule has 2 aromatic rings. The van der Waals surface area contributed by atoms with E-state index in [0.717, 1.165) is 5.56 Å². The highest BCUT2D eigenvalue weighted by atomic mass is 16.7. The van der Waals surface area contributed by atoms with E-state index in [1.165, 1.54) is 5.56 Å². The molecular weight excluding hydrogens is 334 g/mol. The molecule has 0 saturated carbocycles. The molecule has 2 aromatic carbocycles. The second kappa shape index (κ2) is 9.79. The number of ether oxygens (including phenoxy) is 3. The molecule has 3 N–H and O–H groups in total. The first-order chi connectivity index (χ1) is 12.5. The van der Waals surface area contributed by atoms with Crippen LogP contribution >= 0.6 is 0 Å². The monoisotopic (exact) mass is 359 g/mol. The number of benzene rings is 2. The lowest BCUT2D eigenvalue weighted by molar-refractivity contribution is -0.137. The van der Waals surface area contributed by atoms with Crippen LogP contribution in [0.5, 0.6) is 11.5 Å². The van der Waals surface area contributed by atoms with Gasteiger partial charge in [-0.1, -0.05) is 36.4 Å². The molecule has 1 heterocycles. The highest BCUT2D eigenvalue weighted by Crippen LogP contribution is 2.38. The van der Waals surface area contributed by atoms with Crippen molar-refractivity contribution in [3.05, 3.63) is 59.7 Å². The van der Waals surface area contributed by atoms with E-state index >= 15 is 0 Å². The van der Waals surface area contributed by atoms with Crippen LogP contribution in [-0.4, -0.2) is 31.6 Å². The fourth-order valence-corrected chi connectivity index (χ4v) is 2.61. The lowest BCUT2D eigenvalue weighted by Crippen LogP contribution is -2.07. The zero-order valence-electron chi connectivity index (χ0n) is 15.1. The van der Waals surface area contributed by atoms with Crippen molar-refractivity contribution in [2.75, 3.05) is 20.5 Å². The normalized spacial score (nSPS) is 15.9. The van der Waals surface area contributed by atoms with Gasteiger partial charge in [-0.25, -0.2) is 0 Å². The Bertz CT molecular complexity index is 703. The standard InChI is InChI=1S/C12H14O5.C8H11N/c1-15-7-17-9-2-3-10-8(4-12(13)14)6-16-11(10)5-9;1-7(9)8-5-3-2-4-6-8/h2-3,5,8H,4,6-7H2,1H3,(H,13,14);2-7H,9H2,1H3/t8-;7-/m10/s1. The molecule has 3 rings (SSSR count). The average Bonchev–Trinajstić information content (AvgIpc) is 3.02. The van der Waals surface area contributed by atoms with Crippen LogP contribution in [0.15, 0.2) is 48.5 Å². The van der Waals surface area contributed by atoms with Crippen molar-refractivity contribution in [3.8, 4) is 11.5 Å². The number of carbonyl (C=O) groups is 1. The Labute approximate surface area is 153 Å². The number of aliphatic carboxylic acids is 1. The van der Waals surface area contributed by atoms with Gasteiger partial charge < -0.3 is 25.1 Å². The minimum Gasteiger partial charge on any atom is -0.492 e. The van der Waals surface area contributed by atoms with Crippen molar-refractivity contribution in [2.24, 2.45) is 5.73 Å². The second-order valence-electron chi connectivity index (χ2n) is 6.06. The van der Waals surface area contributed by atoms with Crippen LogP contribution in [-0.2, 0) is 9.53 Å². The number of hydrogen-bond acceptors (Lipinski definition) is 5. The van der Waals surface area contributed by atoms with E-state index in [-0.39, 0.29) is 25.2 Å². The van der Waals surface area contributed by atoms with E-state index < -0.39 is 5.97 Å². The molecule has 1 aliphatic heterocycles. The Balaban J connectivity index is 0.000000228. The Morgan fingerprint density at radius 1 is 1.31 bits per heavy atom. The van der Waals surface area contributed by atoms with Gasteiger partial charge in [-0.05, 0) is 18.6 Å². The minimum atomic E-state index is -0.814. The van der Waals surface area contributed by atoms with Gasteiger partial charge in [-0.15, -0.1) is 0 Å². The number of hydrogen-bond donors (Lipinski definition) is 2. The molecule has 140 valence electrons. The van der Waals surface area contributed by atoms with E-state index in [1.54, 1.807) is 19.2 Å². The van der Waals surface area contributed by atoms with Crippen LogP contribution in [0, 0.1) is 0 Å². The lowest BCUT2D eigenvalue weighted by atomic mass is 9.98. The van der Waals surface area contributed by atoms with Gasteiger partial charge >= 0.3 is 5.97 Å². The zero-order chi connectivity index (χ0) is 18.9. The summed E-state index contributed by atoms with van der Waals surface area (Å²) in [5.74, 6) is 0.469. The molecule has 6 nitrogen and oxygen atoms in total. The second-order valence-corrected chi connectivity index (χ2v) is 6.06. The number of methoxy groups -OCH3 is 1. The number of fused-ring (bicyclic) bond motifs is 1. The summed E-state index contributed by atoms with van der Waals surface area (Å²) in [5, 5.41) is 8.77. The van der Waals surface area contributed by atoms with Gasteiger partial charge in [0.15, 0.2) is 6.79 Å². The minimum absolute atomic E-state index is 0.0704. The first-order valence-corrected chi connectivity index (χ1v) is 8.42. The predicted octanol–water partition coefficient (Wildman–Crippen LogP) is 3.33. The van der Waals surface area contributed by atoms with Gasteiger partial charge in [0.25, 0.3) is 0 Å². The molecule has 6 heteroatoms. The molecule has 0 aromatic heterocycles. The van der Waals surface area contributed by atoms with Crippen LogP contribution in [0.2, 0.25) is 0 Å². The molecule has 0 saturated heterocycles. The molecule has 0 amide bonds. The summed E-state index contributed by atoms with van der Waals surface area (Å²) < 4.78 is 15.5. The molecule has 0 bridgehead atoms. The summed E-state index contributed by atoms with van der Waals surface area (Å²) in [6.07, 6.45) is 0.0886. The average molecular weight is 359 g/mol. The SMILES string of the molecule is COCOc1ccc2c(c1)OC[C@H]2CC(=O)O.C[C@H](N)c1ccccc1. The van der Waals surface area contributed by atoms with E-state index in [2.05, 4.69) is 0 Å². The molecule has 0 aliphatic carbocycles. The first-order valence-electron chi connectivity index (χ1n) is 8.42. The van der Waals surface area contributed by atoms with E-state index in [1.807, 2.05) is 43.3 Å². The summed E-state index contributed by atoms with van der Waals surface area (Å²) in [4.78, 5) is 10.7. The molecule has 2 atom stereocenters. The Kier molecular flexibility index (Phi) is 7.44. The third-order valence-corrected chi connectivity index (χ3v) is 3.95. The van der Waals surface area contributed by atoms with Gasteiger partial charge in [0.1, 0.15) is 11.5 Å². The molecule has 26 heavy (non-hydrogen) atoms. The number of rotatable bonds is 6. The molecular formula is C20H25NO5. The smallest absolute Gasteiger partial charge is 0.304 e. The summed E-state index contributed by atoms with van der Waals surface area (Å²) in [6.45, 7) is 2.57. The maximum absolute atomic E-state index is 10.7. The molecule has 0 fully saturated rings. The van der Waals surface area contributed by atoms with Crippen LogP contribution in [0.1, 0.15) is 36.4 Å². The third-order valence-electron chi connectivity index (χ3n) is 3.95. The van der Waals surface area contributed by atoms with Crippen molar-refractivity contribution in [1.82, 2.24) is 0 Å². The fraction of sp³-hybridized carbons (Fsp3) is 0.350. The van der Waals surface area contributed by atoms with Crippen molar-refractivity contribution >= 4 is 5.97 Å². The van der Waals surface area contributed by atoms with Crippen LogP contribution in [0.25, 0.3) is 0 Å². The van der Waals surface area contributed by atoms with Crippen LogP contribution in [0.4, 0.5) is 0 Å². The summed E-state index contributed by atoms with van der Waals surface area (Å²) in [6, 6.07) is 15.6. The third kappa shape index (κ3) is 5.75. The number of carboxylic acid groups (broad SMARTS) is 1. The van der Waals surface area contributed by atoms with Crippen molar-refractivity contribution in [3.63, 3.8) is 0 Å². The molecule has 0 spiro atoms. The highest BCUT2D eigenvalue weighted by Gasteiger charge is 2.26. The number of carboxylic acids is 1. The topological polar surface area (TPSA) is 91.0 Å². The molecule has 0 unspecified atom stereocenters. The Morgan fingerprint density at radius 2 is 2.04 bits per heavy atom. The Hall–Kier alpha value is -2.57. The van der Waals surface area contributed by atoms with Gasteiger partial charge in [-0.3, -0.25) is 4.79 Å². The van der Waals surface area contributed by atoms with Crippen LogP contribution < -0.4 is 15.2 Å². The Morgan fingerprint density at radius 3 is 2.62 bits per heavy atom. The predicted molar refractivity (Wildman–Crippen MR) is 98.5 cm³/mol. The molecule has 0 radical (unpaired) electrons. The van der Waals surface area contributed by atoms with Gasteiger partial charge in [-0.2, -0.15) is 0 Å². The lowest BCUT2D eigenvalue weighted by Gasteiger charge is -2.07. The quantitative estimate of drug-likeness (QED) is 0.769. The molecule has 1 aliphatic rings. The van der Waals surface area contributed by atoms with E-state index in [0.29, 0.717) is 18.1 Å². The summed E-state index contributed by atoms with van der Waals surface area (Å²) in [7, 11) is 1.55. The highest BCUT2D eigenvalue weighted by molar-refractivity contribution is 5.68. The van der Waals surface area contributed by atoms with E-state index in [4.69, 9.17) is 25.1 Å². The number of nitrogens with two attached hydrogens (primary N) is 1. The van der Waals surface area contributed by atoms with Crippen molar-refractivity contribution < 1.29 is 24.1 Å². The first kappa shape index (κ1) is 19.8. The summed E-state index contributed by atoms with van der Waals surface area (Å²) in [5.41, 5.74) is 7.73. The maximum Gasteiger partial charge on any atom is 0.304 e.